The lowest BCUT2D eigenvalue weighted by atomic mass is 10.1. The maximum atomic E-state index is 13.4. The van der Waals surface area contributed by atoms with E-state index in [1.807, 2.05) is 47.6 Å². The average Bonchev–Trinajstić information content (AvgIpc) is 2.76. The third-order valence-electron chi connectivity index (χ3n) is 5.86. The Morgan fingerprint density at radius 3 is 2.36 bits per heavy atom. The van der Waals surface area contributed by atoms with E-state index in [2.05, 4.69) is 11.4 Å². The molecule has 0 spiro atoms. The molecule has 0 bridgehead atoms. The molecule has 0 aliphatic rings. The van der Waals surface area contributed by atoms with Crippen LogP contribution in [-0.2, 0) is 16.1 Å². The Bertz CT molecular complexity index is 994. The lowest BCUT2D eigenvalue weighted by molar-refractivity contribution is -0.143. The fraction of sp³-hybridized carbons (Fsp3) is 0.462. The minimum atomic E-state index is -0.651. The highest BCUT2D eigenvalue weighted by molar-refractivity contribution is 6.35. The normalized spacial score (nSPS) is 12.7. The van der Waals surface area contributed by atoms with Crippen molar-refractivity contribution in [1.29, 1.82) is 0 Å². The second kappa shape index (κ2) is 12.3. The summed E-state index contributed by atoms with van der Waals surface area (Å²) in [5, 5.41) is 3.95. The summed E-state index contributed by atoms with van der Waals surface area (Å²) in [4.78, 5) is 28.0. The Balaban J connectivity index is 2.31. The van der Waals surface area contributed by atoms with Gasteiger partial charge in [0, 0.05) is 22.6 Å². The van der Waals surface area contributed by atoms with Gasteiger partial charge in [-0.2, -0.15) is 0 Å². The van der Waals surface area contributed by atoms with E-state index in [0.29, 0.717) is 27.8 Å². The van der Waals surface area contributed by atoms with Crippen LogP contribution < -0.4 is 10.1 Å². The molecule has 0 heterocycles. The minimum absolute atomic E-state index is 0.0109. The molecule has 2 amide bonds. The van der Waals surface area contributed by atoms with Gasteiger partial charge in [-0.3, -0.25) is 9.59 Å². The molecule has 0 aliphatic heterocycles. The van der Waals surface area contributed by atoms with E-state index in [-0.39, 0.29) is 31.0 Å². The van der Waals surface area contributed by atoms with E-state index in [1.165, 1.54) is 0 Å². The van der Waals surface area contributed by atoms with Gasteiger partial charge in [0.1, 0.15) is 11.8 Å². The summed E-state index contributed by atoms with van der Waals surface area (Å²) in [6, 6.07) is 8.49. The molecular formula is C26H34Cl2N2O3. The zero-order valence-corrected chi connectivity index (χ0v) is 21.8. The molecule has 0 aromatic heterocycles. The number of hydrogen-bond acceptors (Lipinski definition) is 3. The van der Waals surface area contributed by atoms with Crippen molar-refractivity contribution in [1.82, 2.24) is 10.2 Å². The van der Waals surface area contributed by atoms with Gasteiger partial charge in [0.2, 0.25) is 5.91 Å². The summed E-state index contributed by atoms with van der Waals surface area (Å²) >= 11 is 12.4. The Labute approximate surface area is 207 Å². The van der Waals surface area contributed by atoms with Crippen molar-refractivity contribution >= 4 is 35.0 Å². The summed E-state index contributed by atoms with van der Waals surface area (Å²) in [5.74, 6) is 0.195. The minimum Gasteiger partial charge on any atom is -0.483 e. The van der Waals surface area contributed by atoms with Crippen molar-refractivity contribution in [3.8, 4) is 5.75 Å². The van der Waals surface area contributed by atoms with Crippen LogP contribution in [0.15, 0.2) is 30.3 Å². The van der Waals surface area contributed by atoms with Gasteiger partial charge in [0.25, 0.3) is 5.91 Å². The molecule has 33 heavy (non-hydrogen) atoms. The van der Waals surface area contributed by atoms with Gasteiger partial charge in [-0.1, -0.05) is 49.2 Å². The predicted octanol–water partition coefficient (Wildman–Crippen LogP) is 6.02. The van der Waals surface area contributed by atoms with Crippen LogP contribution in [-0.4, -0.2) is 35.4 Å². The Morgan fingerprint density at radius 1 is 1.06 bits per heavy atom. The summed E-state index contributed by atoms with van der Waals surface area (Å²) in [6.45, 7) is 11.8. The van der Waals surface area contributed by atoms with Crippen LogP contribution in [0.1, 0.15) is 55.9 Å². The van der Waals surface area contributed by atoms with E-state index in [0.717, 1.165) is 23.1 Å². The molecule has 0 fully saturated rings. The fourth-order valence-electron chi connectivity index (χ4n) is 3.57. The first-order chi connectivity index (χ1) is 15.6. The first-order valence-electron chi connectivity index (χ1n) is 11.3. The topological polar surface area (TPSA) is 58.6 Å². The standard InChI is InChI=1S/C26H34Cl2N2O3/c1-7-18(5)29-26(32)23(8-2)30(14-20-9-10-21(27)13-22(20)28)25(31)15-33-24-12-16(3)11-17(4)19(24)6/h9-13,18,23H,7-8,14-15H2,1-6H3,(H,29,32)/t18-,23+/m0/s1. The van der Waals surface area contributed by atoms with Crippen LogP contribution in [0.3, 0.4) is 0 Å². The molecule has 1 N–H and O–H groups in total. The average molecular weight is 493 g/mol. The number of carbonyl (C=O) groups excluding carboxylic acids is 2. The summed E-state index contributed by atoms with van der Waals surface area (Å²) in [6.07, 6.45) is 1.26. The first-order valence-corrected chi connectivity index (χ1v) is 12.1. The van der Waals surface area contributed by atoms with Crippen LogP contribution in [0.5, 0.6) is 5.75 Å². The van der Waals surface area contributed by atoms with E-state index < -0.39 is 6.04 Å². The maximum absolute atomic E-state index is 13.4. The molecule has 0 saturated carbocycles. The van der Waals surface area contributed by atoms with Crippen molar-refractivity contribution < 1.29 is 14.3 Å². The largest absolute Gasteiger partial charge is 0.483 e. The second-order valence-electron chi connectivity index (χ2n) is 8.49. The highest BCUT2D eigenvalue weighted by atomic mass is 35.5. The third kappa shape index (κ3) is 7.38. The number of benzene rings is 2. The number of hydrogen-bond donors (Lipinski definition) is 1. The molecule has 2 aromatic rings. The highest BCUT2D eigenvalue weighted by Crippen LogP contribution is 2.25. The molecular weight excluding hydrogens is 459 g/mol. The summed E-state index contributed by atoms with van der Waals surface area (Å²) < 4.78 is 5.93. The SMILES string of the molecule is CC[C@H](C(=O)N[C@@H](C)CC)N(Cc1ccc(Cl)cc1Cl)C(=O)COc1cc(C)cc(C)c1C. The van der Waals surface area contributed by atoms with Gasteiger partial charge < -0.3 is 15.0 Å². The number of halogens is 2. The van der Waals surface area contributed by atoms with E-state index in [9.17, 15) is 9.59 Å². The number of aryl methyl sites for hydroxylation is 2. The van der Waals surface area contributed by atoms with Crippen LogP contribution in [0.4, 0.5) is 0 Å². The van der Waals surface area contributed by atoms with Crippen molar-refractivity contribution in [3.05, 3.63) is 62.6 Å². The van der Waals surface area contributed by atoms with Gasteiger partial charge in [0.15, 0.2) is 6.61 Å². The number of carbonyl (C=O) groups is 2. The molecule has 2 atom stereocenters. The molecule has 0 radical (unpaired) electrons. The molecule has 2 rings (SSSR count). The molecule has 0 unspecified atom stereocenters. The van der Waals surface area contributed by atoms with Gasteiger partial charge in [-0.05, 0) is 81.0 Å². The number of ether oxygens (including phenoxy) is 1. The van der Waals surface area contributed by atoms with Crippen LogP contribution >= 0.6 is 23.2 Å². The third-order valence-corrected chi connectivity index (χ3v) is 6.44. The molecule has 0 aliphatic carbocycles. The van der Waals surface area contributed by atoms with Crippen molar-refractivity contribution in [2.45, 2.75) is 73.0 Å². The number of nitrogens with one attached hydrogen (secondary N) is 1. The van der Waals surface area contributed by atoms with Crippen molar-refractivity contribution in [2.75, 3.05) is 6.61 Å². The highest BCUT2D eigenvalue weighted by Gasteiger charge is 2.30. The smallest absolute Gasteiger partial charge is 0.261 e. The lowest BCUT2D eigenvalue weighted by Crippen LogP contribution is -2.51. The summed E-state index contributed by atoms with van der Waals surface area (Å²) in [5.41, 5.74) is 3.86. The van der Waals surface area contributed by atoms with Gasteiger partial charge in [-0.15, -0.1) is 0 Å². The molecule has 5 nitrogen and oxygen atoms in total. The van der Waals surface area contributed by atoms with Gasteiger partial charge in [0.05, 0.1) is 0 Å². The number of rotatable bonds is 10. The zero-order valence-electron chi connectivity index (χ0n) is 20.3. The summed E-state index contributed by atoms with van der Waals surface area (Å²) in [7, 11) is 0. The fourth-order valence-corrected chi connectivity index (χ4v) is 4.04. The van der Waals surface area contributed by atoms with E-state index >= 15 is 0 Å². The maximum Gasteiger partial charge on any atom is 0.261 e. The first kappa shape index (κ1) is 27.0. The van der Waals surface area contributed by atoms with Crippen LogP contribution in [0, 0.1) is 20.8 Å². The molecule has 2 aromatic carbocycles. The zero-order chi connectivity index (χ0) is 24.7. The number of amides is 2. The van der Waals surface area contributed by atoms with E-state index in [1.54, 1.807) is 23.1 Å². The molecule has 7 heteroatoms. The predicted molar refractivity (Wildman–Crippen MR) is 135 cm³/mol. The van der Waals surface area contributed by atoms with Crippen LogP contribution in [0.2, 0.25) is 10.0 Å². The quantitative estimate of drug-likeness (QED) is 0.440. The van der Waals surface area contributed by atoms with Gasteiger partial charge >= 0.3 is 0 Å². The molecule has 180 valence electrons. The number of nitrogens with zero attached hydrogens (tertiary/aromatic N) is 1. The lowest BCUT2D eigenvalue weighted by Gasteiger charge is -2.31. The van der Waals surface area contributed by atoms with Crippen molar-refractivity contribution in [2.24, 2.45) is 0 Å². The monoisotopic (exact) mass is 492 g/mol. The second-order valence-corrected chi connectivity index (χ2v) is 9.34. The van der Waals surface area contributed by atoms with Crippen LogP contribution in [0.25, 0.3) is 0 Å². The Kier molecular flexibility index (Phi) is 10.1. The van der Waals surface area contributed by atoms with Crippen molar-refractivity contribution in [3.63, 3.8) is 0 Å². The van der Waals surface area contributed by atoms with Gasteiger partial charge in [-0.25, -0.2) is 0 Å². The molecule has 0 saturated heterocycles. The Hall–Kier alpha value is -2.24. The Morgan fingerprint density at radius 2 is 1.76 bits per heavy atom. The van der Waals surface area contributed by atoms with E-state index in [4.69, 9.17) is 27.9 Å².